The van der Waals surface area contributed by atoms with E-state index >= 15 is 0 Å². The van der Waals surface area contributed by atoms with Gasteiger partial charge in [0, 0.05) is 18.5 Å². The molecule has 0 aliphatic heterocycles. The van der Waals surface area contributed by atoms with Gasteiger partial charge in [0.15, 0.2) is 0 Å². The Kier molecular flexibility index (Phi) is 9.06. The molecule has 0 atom stereocenters. The van der Waals surface area contributed by atoms with Crippen molar-refractivity contribution in [3.8, 4) is 5.75 Å². The first-order valence-corrected chi connectivity index (χ1v) is 7.22. The maximum atomic E-state index is 11.9. The Balaban J connectivity index is 0.00000400. The first-order valence-electron chi connectivity index (χ1n) is 7.22. The lowest BCUT2D eigenvalue weighted by atomic mass is 9.94. The maximum absolute atomic E-state index is 11.9. The minimum atomic E-state index is -0.292. The maximum Gasteiger partial charge on any atom is 0.220 e. The van der Waals surface area contributed by atoms with Crippen LogP contribution < -0.4 is 15.8 Å². The van der Waals surface area contributed by atoms with Crippen LogP contribution in [0.4, 0.5) is 0 Å². The Morgan fingerprint density at radius 2 is 1.90 bits per heavy atom. The minimum absolute atomic E-state index is 0. The normalized spacial score (nSPS) is 10.7. The van der Waals surface area contributed by atoms with Crippen molar-refractivity contribution in [1.29, 1.82) is 0 Å². The molecular weight excluding hydrogens is 288 g/mol. The van der Waals surface area contributed by atoms with Gasteiger partial charge < -0.3 is 15.8 Å². The summed E-state index contributed by atoms with van der Waals surface area (Å²) in [4.78, 5) is 11.9. The van der Waals surface area contributed by atoms with E-state index in [0.29, 0.717) is 19.4 Å². The summed E-state index contributed by atoms with van der Waals surface area (Å²) in [5.74, 6) is 0.864. The number of ether oxygens (including phenoxy) is 1. The molecule has 5 heteroatoms. The Labute approximate surface area is 133 Å². The molecule has 4 nitrogen and oxygen atoms in total. The first-order chi connectivity index (χ1) is 9.54. The molecule has 0 unspecified atom stereocenters. The molecule has 120 valence electrons. The second kappa shape index (κ2) is 9.64. The third kappa shape index (κ3) is 6.36. The number of nitrogens with one attached hydrogen (secondary N) is 1. The average Bonchev–Trinajstić information content (AvgIpc) is 2.50. The summed E-state index contributed by atoms with van der Waals surface area (Å²) < 4.78 is 5.27. The third-order valence-electron chi connectivity index (χ3n) is 3.86. The molecule has 0 aliphatic rings. The SMILES string of the molecule is CCC(N)(CC)CNC(=O)CCc1ccccc1OC.Cl. The number of nitrogens with two attached hydrogens (primary N) is 1. The van der Waals surface area contributed by atoms with Crippen LogP contribution in [0.2, 0.25) is 0 Å². The molecule has 21 heavy (non-hydrogen) atoms. The van der Waals surface area contributed by atoms with Crippen LogP contribution in [0, 0.1) is 0 Å². The molecule has 0 spiro atoms. The number of amides is 1. The van der Waals surface area contributed by atoms with Crippen LogP contribution in [0.1, 0.15) is 38.7 Å². The molecular formula is C16H27ClN2O2. The van der Waals surface area contributed by atoms with Gasteiger partial charge in [-0.15, -0.1) is 12.4 Å². The molecule has 1 amide bonds. The van der Waals surface area contributed by atoms with Crippen molar-refractivity contribution >= 4 is 18.3 Å². The molecule has 1 rings (SSSR count). The van der Waals surface area contributed by atoms with Crippen LogP contribution in [0.5, 0.6) is 5.75 Å². The van der Waals surface area contributed by atoms with Crippen LogP contribution in [-0.2, 0) is 11.2 Å². The third-order valence-corrected chi connectivity index (χ3v) is 3.86. The molecule has 0 fully saturated rings. The summed E-state index contributed by atoms with van der Waals surface area (Å²) in [7, 11) is 1.64. The number of hydrogen-bond acceptors (Lipinski definition) is 3. The highest BCUT2D eigenvalue weighted by Gasteiger charge is 2.20. The molecule has 3 N–H and O–H groups in total. The largest absolute Gasteiger partial charge is 0.496 e. The molecule has 0 aromatic heterocycles. The summed E-state index contributed by atoms with van der Waals surface area (Å²) >= 11 is 0. The van der Waals surface area contributed by atoms with E-state index < -0.39 is 0 Å². The second-order valence-corrected chi connectivity index (χ2v) is 5.16. The fourth-order valence-electron chi connectivity index (χ4n) is 2.02. The second-order valence-electron chi connectivity index (χ2n) is 5.16. The Morgan fingerprint density at radius 1 is 1.29 bits per heavy atom. The average molecular weight is 315 g/mol. The molecule has 0 heterocycles. The predicted molar refractivity (Wildman–Crippen MR) is 89.1 cm³/mol. The van der Waals surface area contributed by atoms with Gasteiger partial charge in [-0.2, -0.15) is 0 Å². The molecule has 1 aromatic carbocycles. The summed E-state index contributed by atoms with van der Waals surface area (Å²) in [5.41, 5.74) is 6.92. The number of para-hydroxylation sites is 1. The van der Waals surface area contributed by atoms with E-state index in [0.717, 1.165) is 24.2 Å². The van der Waals surface area contributed by atoms with Crippen LogP contribution in [0.3, 0.4) is 0 Å². The first kappa shape index (κ1) is 19.7. The van der Waals surface area contributed by atoms with E-state index in [9.17, 15) is 4.79 Å². The van der Waals surface area contributed by atoms with Crippen LogP contribution in [0.25, 0.3) is 0 Å². The number of rotatable bonds is 8. The number of carbonyl (C=O) groups excluding carboxylic acids is 1. The highest BCUT2D eigenvalue weighted by molar-refractivity contribution is 5.85. The number of aryl methyl sites for hydroxylation is 1. The lowest BCUT2D eigenvalue weighted by Gasteiger charge is -2.26. The van der Waals surface area contributed by atoms with Crippen molar-refractivity contribution in [2.75, 3.05) is 13.7 Å². The van der Waals surface area contributed by atoms with Crippen molar-refractivity contribution in [2.45, 2.75) is 45.1 Å². The number of halogens is 1. The van der Waals surface area contributed by atoms with E-state index in [2.05, 4.69) is 5.32 Å². The van der Waals surface area contributed by atoms with E-state index in [1.165, 1.54) is 0 Å². The van der Waals surface area contributed by atoms with Gasteiger partial charge in [-0.25, -0.2) is 0 Å². The van der Waals surface area contributed by atoms with Crippen molar-refractivity contribution < 1.29 is 9.53 Å². The standard InChI is InChI=1S/C16H26N2O2.ClH/c1-4-16(17,5-2)12-18-15(19)11-10-13-8-6-7-9-14(13)20-3;/h6-9H,4-5,10-12,17H2,1-3H3,(H,18,19);1H. The topological polar surface area (TPSA) is 64.3 Å². The van der Waals surface area contributed by atoms with Gasteiger partial charge in [0.1, 0.15) is 5.75 Å². The van der Waals surface area contributed by atoms with Crippen molar-refractivity contribution in [3.63, 3.8) is 0 Å². The number of hydrogen-bond donors (Lipinski definition) is 2. The monoisotopic (exact) mass is 314 g/mol. The number of benzene rings is 1. The highest BCUT2D eigenvalue weighted by atomic mass is 35.5. The van der Waals surface area contributed by atoms with E-state index in [4.69, 9.17) is 10.5 Å². The Morgan fingerprint density at radius 3 is 2.48 bits per heavy atom. The molecule has 0 saturated carbocycles. The van der Waals surface area contributed by atoms with Gasteiger partial charge in [-0.05, 0) is 30.9 Å². The zero-order chi connectivity index (χ0) is 15.0. The van der Waals surface area contributed by atoms with Gasteiger partial charge >= 0.3 is 0 Å². The molecule has 0 radical (unpaired) electrons. The van der Waals surface area contributed by atoms with Gasteiger partial charge in [-0.1, -0.05) is 32.0 Å². The molecule has 1 aromatic rings. The van der Waals surface area contributed by atoms with Crippen LogP contribution in [0.15, 0.2) is 24.3 Å². The summed E-state index contributed by atoms with van der Waals surface area (Å²) in [5, 5.41) is 2.93. The van der Waals surface area contributed by atoms with E-state index in [1.54, 1.807) is 7.11 Å². The van der Waals surface area contributed by atoms with Crippen LogP contribution >= 0.6 is 12.4 Å². The number of carbonyl (C=O) groups is 1. The smallest absolute Gasteiger partial charge is 0.220 e. The minimum Gasteiger partial charge on any atom is -0.496 e. The summed E-state index contributed by atoms with van der Waals surface area (Å²) in [6.45, 7) is 4.62. The lowest BCUT2D eigenvalue weighted by Crippen LogP contribution is -2.49. The zero-order valence-electron chi connectivity index (χ0n) is 13.1. The highest BCUT2D eigenvalue weighted by Crippen LogP contribution is 2.18. The van der Waals surface area contributed by atoms with Gasteiger partial charge in [0.25, 0.3) is 0 Å². The van der Waals surface area contributed by atoms with Crippen molar-refractivity contribution in [2.24, 2.45) is 5.73 Å². The fourth-order valence-corrected chi connectivity index (χ4v) is 2.02. The van der Waals surface area contributed by atoms with Gasteiger partial charge in [-0.3, -0.25) is 4.79 Å². The zero-order valence-corrected chi connectivity index (χ0v) is 14.0. The van der Waals surface area contributed by atoms with Gasteiger partial charge in [0.2, 0.25) is 5.91 Å². The summed E-state index contributed by atoms with van der Waals surface area (Å²) in [6.07, 6.45) is 2.84. The predicted octanol–water partition coefficient (Wildman–Crippen LogP) is 2.68. The summed E-state index contributed by atoms with van der Waals surface area (Å²) in [6, 6.07) is 7.77. The molecule has 0 bridgehead atoms. The molecule has 0 aliphatic carbocycles. The Bertz CT molecular complexity index is 434. The van der Waals surface area contributed by atoms with E-state index in [1.807, 2.05) is 38.1 Å². The van der Waals surface area contributed by atoms with Crippen molar-refractivity contribution in [1.82, 2.24) is 5.32 Å². The quantitative estimate of drug-likeness (QED) is 0.775. The van der Waals surface area contributed by atoms with Crippen molar-refractivity contribution in [3.05, 3.63) is 29.8 Å². The number of methoxy groups -OCH3 is 1. The van der Waals surface area contributed by atoms with Crippen LogP contribution in [-0.4, -0.2) is 25.1 Å². The van der Waals surface area contributed by atoms with Gasteiger partial charge in [0.05, 0.1) is 7.11 Å². The lowest BCUT2D eigenvalue weighted by molar-refractivity contribution is -0.121. The Hall–Kier alpha value is -1.26. The molecule has 0 saturated heterocycles. The fraction of sp³-hybridized carbons (Fsp3) is 0.562. The van der Waals surface area contributed by atoms with E-state index in [-0.39, 0.29) is 23.9 Å².